The van der Waals surface area contributed by atoms with Gasteiger partial charge in [-0.25, -0.2) is 4.39 Å². The van der Waals surface area contributed by atoms with Crippen molar-refractivity contribution in [1.29, 1.82) is 0 Å². The van der Waals surface area contributed by atoms with Crippen molar-refractivity contribution in [2.24, 2.45) is 0 Å². The summed E-state index contributed by atoms with van der Waals surface area (Å²) in [7, 11) is 0. The van der Waals surface area contributed by atoms with E-state index < -0.39 is 6.10 Å². The fourth-order valence-corrected chi connectivity index (χ4v) is 2.78. The number of hydrogen-bond donors (Lipinski definition) is 2. The highest BCUT2D eigenvalue weighted by atomic mass is 19.1. The van der Waals surface area contributed by atoms with Gasteiger partial charge in [0.15, 0.2) is 0 Å². The molecule has 0 aromatic heterocycles. The van der Waals surface area contributed by atoms with Crippen LogP contribution in [0.4, 0.5) is 4.39 Å². The van der Waals surface area contributed by atoms with Crippen molar-refractivity contribution >= 4 is 0 Å². The zero-order valence-corrected chi connectivity index (χ0v) is 15.3. The van der Waals surface area contributed by atoms with Gasteiger partial charge in [0.25, 0.3) is 0 Å². The summed E-state index contributed by atoms with van der Waals surface area (Å²) in [4.78, 5) is 0. The second-order valence-electron chi connectivity index (χ2n) is 6.58. The Morgan fingerprint density at radius 1 is 0.889 bits per heavy atom. The van der Waals surface area contributed by atoms with E-state index in [4.69, 9.17) is 4.74 Å². The molecule has 0 saturated carbocycles. The molecule has 0 fully saturated rings. The van der Waals surface area contributed by atoms with Crippen LogP contribution >= 0.6 is 0 Å². The number of rotatable bonds is 8. The molecule has 0 bridgehead atoms. The summed E-state index contributed by atoms with van der Waals surface area (Å²) in [5, 5.41) is 13.8. The Morgan fingerprint density at radius 2 is 1.56 bits per heavy atom. The molecule has 2 N–H and O–H groups in total. The lowest BCUT2D eigenvalue weighted by atomic mass is 10.0. The predicted octanol–water partition coefficient (Wildman–Crippen LogP) is 4.62. The molecule has 0 aliphatic heterocycles. The van der Waals surface area contributed by atoms with Crippen molar-refractivity contribution < 1.29 is 14.2 Å². The molecule has 3 rings (SSSR count). The lowest BCUT2D eigenvalue weighted by molar-refractivity contribution is 0.135. The van der Waals surface area contributed by atoms with Crippen LogP contribution in [0.1, 0.15) is 29.7 Å². The van der Waals surface area contributed by atoms with Gasteiger partial charge in [0, 0.05) is 12.6 Å². The minimum Gasteiger partial charge on any atom is -0.489 e. The van der Waals surface area contributed by atoms with Gasteiger partial charge >= 0.3 is 0 Å². The maximum Gasteiger partial charge on any atom is 0.123 e. The summed E-state index contributed by atoms with van der Waals surface area (Å²) < 4.78 is 18.7. The second-order valence-corrected chi connectivity index (χ2v) is 6.58. The van der Waals surface area contributed by atoms with Crippen molar-refractivity contribution in [3.05, 3.63) is 101 Å². The molecule has 3 aromatic rings. The summed E-state index contributed by atoms with van der Waals surface area (Å²) in [6.45, 7) is 3.00. The van der Waals surface area contributed by atoms with Gasteiger partial charge in [0.1, 0.15) is 18.2 Å². The topological polar surface area (TPSA) is 41.5 Å². The summed E-state index contributed by atoms with van der Waals surface area (Å²) in [5.74, 6) is 0.517. The number of hydrogen-bond acceptors (Lipinski definition) is 3. The van der Waals surface area contributed by atoms with E-state index in [-0.39, 0.29) is 11.9 Å². The second kappa shape index (κ2) is 9.31. The van der Waals surface area contributed by atoms with E-state index in [0.717, 1.165) is 22.4 Å². The predicted molar refractivity (Wildman–Crippen MR) is 105 cm³/mol. The normalized spacial score (nSPS) is 13.1. The van der Waals surface area contributed by atoms with Crippen LogP contribution < -0.4 is 10.1 Å². The number of halogens is 1. The van der Waals surface area contributed by atoms with E-state index in [0.29, 0.717) is 13.2 Å². The minimum atomic E-state index is -0.645. The van der Waals surface area contributed by atoms with Gasteiger partial charge in [-0.15, -0.1) is 0 Å². The highest BCUT2D eigenvalue weighted by Crippen LogP contribution is 2.21. The summed E-state index contributed by atoms with van der Waals surface area (Å²) in [6, 6.07) is 23.7. The molecule has 27 heavy (non-hydrogen) atoms. The van der Waals surface area contributed by atoms with Crippen LogP contribution in [0.15, 0.2) is 78.9 Å². The molecule has 0 heterocycles. The highest BCUT2D eigenvalue weighted by Gasteiger charge is 2.16. The van der Waals surface area contributed by atoms with Crippen molar-refractivity contribution in [2.75, 3.05) is 0 Å². The molecule has 3 nitrogen and oxygen atoms in total. The number of nitrogens with one attached hydrogen (secondary N) is 1. The van der Waals surface area contributed by atoms with Crippen LogP contribution in [-0.2, 0) is 13.2 Å². The molecule has 140 valence electrons. The molecule has 4 heteroatoms. The molecule has 0 amide bonds. The Labute approximate surface area is 159 Å². The molecule has 0 radical (unpaired) electrons. The average Bonchev–Trinajstić information content (AvgIpc) is 2.72. The van der Waals surface area contributed by atoms with Gasteiger partial charge in [-0.3, -0.25) is 0 Å². The van der Waals surface area contributed by atoms with E-state index in [2.05, 4.69) is 5.32 Å². The fraction of sp³-hybridized carbons (Fsp3) is 0.217. The van der Waals surface area contributed by atoms with Crippen LogP contribution in [-0.4, -0.2) is 11.1 Å². The van der Waals surface area contributed by atoms with E-state index in [9.17, 15) is 9.50 Å². The Balaban J connectivity index is 1.51. The zero-order valence-electron chi connectivity index (χ0n) is 15.3. The smallest absolute Gasteiger partial charge is 0.123 e. The summed E-state index contributed by atoms with van der Waals surface area (Å²) in [5.41, 5.74) is 2.90. The third-order valence-corrected chi connectivity index (χ3v) is 4.48. The van der Waals surface area contributed by atoms with E-state index in [1.165, 1.54) is 12.1 Å². The molecular formula is C23H24FNO2. The number of benzene rings is 3. The van der Waals surface area contributed by atoms with Crippen LogP contribution in [0.5, 0.6) is 5.75 Å². The summed E-state index contributed by atoms with van der Waals surface area (Å²) >= 11 is 0. The zero-order chi connectivity index (χ0) is 19.1. The van der Waals surface area contributed by atoms with Crippen molar-refractivity contribution in [3.8, 4) is 5.75 Å². The van der Waals surface area contributed by atoms with Crippen LogP contribution in [0.25, 0.3) is 0 Å². The number of aliphatic hydroxyl groups excluding tert-OH is 1. The lowest BCUT2D eigenvalue weighted by Crippen LogP contribution is -2.31. The standard InChI is InChI=1S/C23H24FNO2/c1-17(25-15-18-7-11-21(24)12-8-18)23(26)20-9-13-22(14-10-20)27-16-19-5-3-2-4-6-19/h2-14,17,23,25-26H,15-16H2,1H3. The minimum absolute atomic E-state index is 0.147. The van der Waals surface area contributed by atoms with E-state index in [1.807, 2.05) is 61.5 Å². The van der Waals surface area contributed by atoms with Gasteiger partial charge in [0.05, 0.1) is 6.10 Å². The first-order valence-corrected chi connectivity index (χ1v) is 9.04. The molecule has 3 aromatic carbocycles. The molecule has 0 spiro atoms. The average molecular weight is 365 g/mol. The Kier molecular flexibility index (Phi) is 6.58. The molecule has 0 aliphatic rings. The maximum atomic E-state index is 12.9. The first-order valence-electron chi connectivity index (χ1n) is 9.04. The van der Waals surface area contributed by atoms with Gasteiger partial charge in [-0.05, 0) is 47.9 Å². The molecule has 2 atom stereocenters. The van der Waals surface area contributed by atoms with Gasteiger partial charge in [0.2, 0.25) is 0 Å². The quantitative estimate of drug-likeness (QED) is 0.612. The van der Waals surface area contributed by atoms with Crippen molar-refractivity contribution in [1.82, 2.24) is 5.32 Å². The third kappa shape index (κ3) is 5.64. The van der Waals surface area contributed by atoms with Crippen LogP contribution in [0.3, 0.4) is 0 Å². The Bertz CT molecular complexity index is 819. The van der Waals surface area contributed by atoms with Crippen LogP contribution in [0, 0.1) is 5.82 Å². The number of ether oxygens (including phenoxy) is 1. The molecule has 0 saturated heterocycles. The Hall–Kier alpha value is -2.69. The van der Waals surface area contributed by atoms with E-state index in [1.54, 1.807) is 12.1 Å². The highest BCUT2D eigenvalue weighted by molar-refractivity contribution is 5.29. The molecule has 2 unspecified atom stereocenters. The fourth-order valence-electron chi connectivity index (χ4n) is 2.78. The number of aliphatic hydroxyl groups is 1. The lowest BCUT2D eigenvalue weighted by Gasteiger charge is -2.21. The van der Waals surface area contributed by atoms with E-state index >= 15 is 0 Å². The van der Waals surface area contributed by atoms with Gasteiger partial charge in [-0.2, -0.15) is 0 Å². The van der Waals surface area contributed by atoms with Crippen molar-refractivity contribution in [3.63, 3.8) is 0 Å². The van der Waals surface area contributed by atoms with Crippen LogP contribution in [0.2, 0.25) is 0 Å². The molecular weight excluding hydrogens is 341 g/mol. The maximum absolute atomic E-state index is 12.9. The Morgan fingerprint density at radius 3 is 2.22 bits per heavy atom. The largest absolute Gasteiger partial charge is 0.489 e. The van der Waals surface area contributed by atoms with Gasteiger partial charge in [-0.1, -0.05) is 54.6 Å². The molecule has 0 aliphatic carbocycles. The van der Waals surface area contributed by atoms with Crippen molar-refractivity contribution in [2.45, 2.75) is 32.2 Å². The monoisotopic (exact) mass is 365 g/mol. The first kappa shape index (κ1) is 19.1. The SMILES string of the molecule is CC(NCc1ccc(F)cc1)C(O)c1ccc(OCc2ccccc2)cc1. The van der Waals surface area contributed by atoms with Gasteiger partial charge < -0.3 is 15.2 Å². The summed E-state index contributed by atoms with van der Waals surface area (Å²) in [6.07, 6.45) is -0.645. The first-order chi connectivity index (χ1) is 13.1. The third-order valence-electron chi connectivity index (χ3n) is 4.48.